The van der Waals surface area contributed by atoms with Gasteiger partial charge in [-0.3, -0.25) is 9.00 Å². The highest BCUT2D eigenvalue weighted by Gasteiger charge is 2.23. The second kappa shape index (κ2) is 5.29. The number of hydrogen-bond acceptors (Lipinski definition) is 3. The molecule has 2 rings (SSSR count). The SMILES string of the molecule is O=C(c1cc(Br)c(Br)s1)N1CCS(=O)CC1. The van der Waals surface area contributed by atoms with Crippen molar-refractivity contribution in [2.24, 2.45) is 0 Å². The van der Waals surface area contributed by atoms with Crippen LogP contribution in [0.5, 0.6) is 0 Å². The average molecular weight is 387 g/mol. The van der Waals surface area contributed by atoms with Crippen LogP contribution < -0.4 is 0 Å². The number of carbonyl (C=O) groups excluding carboxylic acids is 1. The predicted molar refractivity (Wildman–Crippen MR) is 73.5 cm³/mol. The van der Waals surface area contributed by atoms with E-state index in [0.29, 0.717) is 29.5 Å². The number of halogens is 2. The maximum Gasteiger partial charge on any atom is 0.264 e. The molecule has 1 amide bonds. The molecule has 1 aromatic rings. The van der Waals surface area contributed by atoms with E-state index in [4.69, 9.17) is 0 Å². The number of nitrogens with zero attached hydrogens (tertiary/aromatic N) is 1. The van der Waals surface area contributed by atoms with Gasteiger partial charge in [0.25, 0.3) is 5.91 Å². The lowest BCUT2D eigenvalue weighted by Gasteiger charge is -2.25. The molecule has 1 aliphatic heterocycles. The van der Waals surface area contributed by atoms with Crippen LogP contribution in [-0.4, -0.2) is 39.6 Å². The zero-order valence-corrected chi connectivity index (χ0v) is 13.0. The first-order chi connectivity index (χ1) is 7.58. The van der Waals surface area contributed by atoms with E-state index in [2.05, 4.69) is 31.9 Å². The first kappa shape index (κ1) is 12.7. The van der Waals surface area contributed by atoms with Gasteiger partial charge in [0.2, 0.25) is 0 Å². The molecule has 0 bridgehead atoms. The maximum atomic E-state index is 12.1. The average Bonchev–Trinajstić information content (AvgIpc) is 2.59. The van der Waals surface area contributed by atoms with E-state index in [9.17, 15) is 9.00 Å². The molecular formula is C9H9Br2NO2S2. The highest BCUT2D eigenvalue weighted by atomic mass is 79.9. The Kier molecular flexibility index (Phi) is 4.21. The molecule has 1 fully saturated rings. The van der Waals surface area contributed by atoms with Crippen LogP contribution in [0.2, 0.25) is 0 Å². The molecule has 1 aromatic heterocycles. The van der Waals surface area contributed by atoms with Gasteiger partial charge in [-0.1, -0.05) is 0 Å². The van der Waals surface area contributed by atoms with Crippen LogP contribution in [-0.2, 0) is 10.8 Å². The molecule has 0 unspecified atom stereocenters. The Hall–Kier alpha value is 0.280. The molecule has 16 heavy (non-hydrogen) atoms. The fourth-order valence-corrected chi connectivity index (χ4v) is 4.50. The lowest BCUT2D eigenvalue weighted by molar-refractivity contribution is 0.0776. The molecule has 2 heterocycles. The molecule has 0 saturated carbocycles. The third-order valence-electron chi connectivity index (χ3n) is 2.32. The van der Waals surface area contributed by atoms with Gasteiger partial charge in [0.15, 0.2) is 0 Å². The minimum absolute atomic E-state index is 0.0353. The molecule has 0 spiro atoms. The minimum Gasteiger partial charge on any atom is -0.336 e. The quantitative estimate of drug-likeness (QED) is 0.743. The number of rotatable bonds is 1. The highest BCUT2D eigenvalue weighted by Crippen LogP contribution is 2.33. The van der Waals surface area contributed by atoms with Gasteiger partial charge in [-0.25, -0.2) is 0 Å². The summed E-state index contributed by atoms with van der Waals surface area (Å²) in [5.41, 5.74) is 0. The van der Waals surface area contributed by atoms with E-state index in [-0.39, 0.29) is 5.91 Å². The Labute approximate surface area is 117 Å². The number of hydrogen-bond donors (Lipinski definition) is 0. The first-order valence-electron chi connectivity index (χ1n) is 4.67. The summed E-state index contributed by atoms with van der Waals surface area (Å²) in [5, 5.41) is 0. The van der Waals surface area contributed by atoms with Crippen LogP contribution >= 0.6 is 43.2 Å². The Balaban J connectivity index is 2.10. The van der Waals surface area contributed by atoms with E-state index in [1.54, 1.807) is 4.90 Å². The molecule has 0 radical (unpaired) electrons. The summed E-state index contributed by atoms with van der Waals surface area (Å²) in [6.07, 6.45) is 0. The molecule has 1 aliphatic rings. The maximum absolute atomic E-state index is 12.1. The van der Waals surface area contributed by atoms with Gasteiger partial charge in [-0.15, -0.1) is 11.3 Å². The molecular weight excluding hydrogens is 378 g/mol. The zero-order valence-electron chi connectivity index (χ0n) is 8.24. The van der Waals surface area contributed by atoms with Crippen molar-refractivity contribution >= 4 is 59.9 Å². The van der Waals surface area contributed by atoms with E-state index >= 15 is 0 Å². The third kappa shape index (κ3) is 2.75. The Morgan fingerprint density at radius 2 is 2.00 bits per heavy atom. The molecule has 88 valence electrons. The van der Waals surface area contributed by atoms with Gasteiger partial charge >= 0.3 is 0 Å². The summed E-state index contributed by atoms with van der Waals surface area (Å²) in [6, 6.07) is 1.82. The second-order valence-electron chi connectivity index (χ2n) is 3.37. The van der Waals surface area contributed by atoms with E-state index in [1.807, 2.05) is 6.07 Å². The van der Waals surface area contributed by atoms with Gasteiger partial charge in [0.05, 0.1) is 8.66 Å². The zero-order chi connectivity index (χ0) is 11.7. The van der Waals surface area contributed by atoms with Crippen molar-refractivity contribution in [2.45, 2.75) is 0 Å². The largest absolute Gasteiger partial charge is 0.336 e. The smallest absolute Gasteiger partial charge is 0.264 e. The van der Waals surface area contributed by atoms with Crippen LogP contribution in [0, 0.1) is 0 Å². The van der Waals surface area contributed by atoms with Crippen molar-refractivity contribution in [2.75, 3.05) is 24.6 Å². The van der Waals surface area contributed by atoms with Gasteiger partial charge < -0.3 is 4.90 Å². The van der Waals surface area contributed by atoms with Crippen molar-refractivity contribution in [1.82, 2.24) is 4.90 Å². The van der Waals surface area contributed by atoms with Gasteiger partial charge in [-0.2, -0.15) is 0 Å². The van der Waals surface area contributed by atoms with Crippen molar-refractivity contribution in [3.8, 4) is 0 Å². The monoisotopic (exact) mass is 385 g/mol. The van der Waals surface area contributed by atoms with Crippen LogP contribution in [0.1, 0.15) is 9.67 Å². The number of carbonyl (C=O) groups is 1. The fourth-order valence-electron chi connectivity index (χ4n) is 1.45. The molecule has 7 heteroatoms. The standard InChI is InChI=1S/C9H9Br2NO2S2/c10-6-5-7(15-8(6)11)9(13)12-1-3-16(14)4-2-12/h5H,1-4H2. The summed E-state index contributed by atoms with van der Waals surface area (Å²) in [6.45, 7) is 1.19. The van der Waals surface area contributed by atoms with Gasteiger partial charge in [0, 0.05) is 39.9 Å². The van der Waals surface area contributed by atoms with Crippen molar-refractivity contribution in [3.63, 3.8) is 0 Å². The first-order valence-corrected chi connectivity index (χ1v) is 8.56. The lowest BCUT2D eigenvalue weighted by atomic mass is 10.4. The summed E-state index contributed by atoms with van der Waals surface area (Å²) in [5.74, 6) is 1.23. The molecule has 0 atom stereocenters. The number of thiophene rings is 1. The molecule has 3 nitrogen and oxygen atoms in total. The normalized spacial score (nSPS) is 17.8. The predicted octanol–water partition coefficient (Wildman–Crippen LogP) is 2.48. The van der Waals surface area contributed by atoms with Crippen LogP contribution in [0.3, 0.4) is 0 Å². The molecule has 1 saturated heterocycles. The van der Waals surface area contributed by atoms with Crippen molar-refractivity contribution in [3.05, 3.63) is 19.2 Å². The van der Waals surface area contributed by atoms with E-state index in [0.717, 1.165) is 8.26 Å². The Morgan fingerprint density at radius 3 is 2.50 bits per heavy atom. The van der Waals surface area contributed by atoms with Crippen LogP contribution in [0.25, 0.3) is 0 Å². The molecule has 0 aliphatic carbocycles. The number of amides is 1. The highest BCUT2D eigenvalue weighted by molar-refractivity contribution is 9.13. The molecule has 0 N–H and O–H groups in total. The van der Waals surface area contributed by atoms with E-state index in [1.165, 1.54) is 11.3 Å². The van der Waals surface area contributed by atoms with Crippen molar-refractivity contribution in [1.29, 1.82) is 0 Å². The topological polar surface area (TPSA) is 37.4 Å². The summed E-state index contributed by atoms with van der Waals surface area (Å²) in [4.78, 5) is 14.6. The Morgan fingerprint density at radius 1 is 1.38 bits per heavy atom. The van der Waals surface area contributed by atoms with E-state index < -0.39 is 10.8 Å². The summed E-state index contributed by atoms with van der Waals surface area (Å²) < 4.78 is 13.0. The van der Waals surface area contributed by atoms with Crippen LogP contribution in [0.4, 0.5) is 0 Å². The third-order valence-corrected chi connectivity index (χ3v) is 6.84. The summed E-state index contributed by atoms with van der Waals surface area (Å²) in [7, 11) is -0.742. The van der Waals surface area contributed by atoms with Gasteiger partial charge in [0.1, 0.15) is 0 Å². The van der Waals surface area contributed by atoms with Gasteiger partial charge in [-0.05, 0) is 37.9 Å². The minimum atomic E-state index is -0.742. The lowest BCUT2D eigenvalue weighted by Crippen LogP contribution is -2.41. The fraction of sp³-hybridized carbons (Fsp3) is 0.444. The summed E-state index contributed by atoms with van der Waals surface area (Å²) >= 11 is 8.15. The Bertz CT molecular complexity index is 417. The van der Waals surface area contributed by atoms with Crippen LogP contribution in [0.15, 0.2) is 14.3 Å². The van der Waals surface area contributed by atoms with Crippen molar-refractivity contribution < 1.29 is 9.00 Å². The molecule has 0 aromatic carbocycles. The second-order valence-corrected chi connectivity index (χ2v) is 8.29.